The monoisotopic (exact) mass is 456 g/mol. The number of likely N-dealkylation sites (tertiary alicyclic amines) is 1. The highest BCUT2D eigenvalue weighted by molar-refractivity contribution is 14.0. The summed E-state index contributed by atoms with van der Waals surface area (Å²) in [6, 6.07) is 0. The van der Waals surface area contributed by atoms with E-state index in [0.717, 1.165) is 51.4 Å². The van der Waals surface area contributed by atoms with Crippen LogP contribution < -0.4 is 10.6 Å². The molecule has 0 aromatic heterocycles. The average molecular weight is 456 g/mol. The van der Waals surface area contributed by atoms with Gasteiger partial charge in [0.25, 0.3) is 0 Å². The molecule has 1 aliphatic heterocycles. The van der Waals surface area contributed by atoms with Gasteiger partial charge in [-0.25, -0.2) is 0 Å². The second-order valence-electron chi connectivity index (χ2n) is 5.74. The molecular formula is C16H33IN4OS. The van der Waals surface area contributed by atoms with Crippen LogP contribution in [0, 0.1) is 5.92 Å². The molecule has 1 saturated heterocycles. The normalized spacial score (nSPS) is 16.0. The predicted octanol–water partition coefficient (Wildman–Crippen LogP) is 2.56. The van der Waals surface area contributed by atoms with Crippen molar-refractivity contribution in [3.8, 4) is 0 Å². The number of nitrogens with zero attached hydrogens (tertiary/aromatic N) is 2. The second-order valence-corrected chi connectivity index (χ2v) is 6.73. The van der Waals surface area contributed by atoms with Gasteiger partial charge in [0, 0.05) is 39.6 Å². The second kappa shape index (κ2) is 14.2. The van der Waals surface area contributed by atoms with E-state index < -0.39 is 0 Å². The molecule has 23 heavy (non-hydrogen) atoms. The Labute approximate surface area is 162 Å². The minimum Gasteiger partial charge on any atom is -0.359 e. The van der Waals surface area contributed by atoms with Gasteiger partial charge in [-0.3, -0.25) is 9.79 Å². The Morgan fingerprint density at radius 1 is 1.30 bits per heavy atom. The van der Waals surface area contributed by atoms with E-state index in [1.54, 1.807) is 7.05 Å². The van der Waals surface area contributed by atoms with Crippen LogP contribution in [0.4, 0.5) is 0 Å². The molecule has 0 radical (unpaired) electrons. The summed E-state index contributed by atoms with van der Waals surface area (Å²) in [5.74, 6) is 2.94. The Morgan fingerprint density at radius 3 is 2.57 bits per heavy atom. The summed E-state index contributed by atoms with van der Waals surface area (Å²) in [4.78, 5) is 18.6. The van der Waals surface area contributed by atoms with Gasteiger partial charge in [-0.05, 0) is 50.5 Å². The summed E-state index contributed by atoms with van der Waals surface area (Å²) in [5, 5.41) is 6.12. The van der Waals surface area contributed by atoms with Gasteiger partial charge in [-0.15, -0.1) is 24.0 Å². The molecule has 0 spiro atoms. The van der Waals surface area contributed by atoms with Crippen LogP contribution in [0.1, 0.15) is 39.0 Å². The average Bonchev–Trinajstić information content (AvgIpc) is 2.54. The first-order valence-electron chi connectivity index (χ1n) is 8.44. The number of guanidine groups is 1. The number of aliphatic imine (C=N–C) groups is 1. The van der Waals surface area contributed by atoms with Crippen LogP contribution in [0.3, 0.4) is 0 Å². The highest BCUT2D eigenvalue weighted by atomic mass is 127. The van der Waals surface area contributed by atoms with E-state index in [1.807, 2.05) is 11.8 Å². The molecule has 0 unspecified atom stereocenters. The number of hydrogen-bond donors (Lipinski definition) is 2. The number of rotatable bonds is 8. The molecule has 1 heterocycles. The van der Waals surface area contributed by atoms with Crippen LogP contribution in [-0.4, -0.2) is 62.0 Å². The molecule has 1 fully saturated rings. The molecule has 7 heteroatoms. The van der Waals surface area contributed by atoms with E-state index in [-0.39, 0.29) is 29.9 Å². The largest absolute Gasteiger partial charge is 0.359 e. The van der Waals surface area contributed by atoms with Gasteiger partial charge in [-0.2, -0.15) is 11.8 Å². The van der Waals surface area contributed by atoms with Crippen molar-refractivity contribution in [3.63, 3.8) is 0 Å². The first-order valence-corrected chi connectivity index (χ1v) is 9.83. The molecule has 0 bridgehead atoms. The molecule has 1 rings (SSSR count). The summed E-state index contributed by atoms with van der Waals surface area (Å²) in [5.41, 5.74) is 0. The molecular weight excluding hydrogens is 423 g/mol. The zero-order chi connectivity index (χ0) is 16.2. The van der Waals surface area contributed by atoms with Crippen LogP contribution in [0.15, 0.2) is 4.99 Å². The van der Waals surface area contributed by atoms with Gasteiger partial charge in [0.15, 0.2) is 5.96 Å². The van der Waals surface area contributed by atoms with Crippen LogP contribution in [-0.2, 0) is 4.79 Å². The number of carbonyl (C=O) groups excluding carboxylic acids is 1. The lowest BCUT2D eigenvalue weighted by Gasteiger charge is -2.34. The van der Waals surface area contributed by atoms with Gasteiger partial charge < -0.3 is 15.5 Å². The van der Waals surface area contributed by atoms with E-state index >= 15 is 0 Å². The number of hydrogen-bond acceptors (Lipinski definition) is 3. The Bertz CT molecular complexity index is 347. The van der Waals surface area contributed by atoms with Crippen molar-refractivity contribution in [2.45, 2.75) is 39.0 Å². The Balaban J connectivity index is 0.00000484. The fraction of sp³-hybridized carbons (Fsp3) is 0.875. The van der Waals surface area contributed by atoms with E-state index in [1.165, 1.54) is 12.2 Å². The standard InChI is InChI=1S/C16H32N4OS.HI/c1-4-18-16(19-9-5-6-12-22-3)20-10-7-14(8-11-20)13-15(21)17-2;/h14H,4-13H2,1-3H3,(H,17,21)(H,18,19);1H. The molecule has 1 aliphatic rings. The number of carbonyl (C=O) groups is 1. The molecule has 5 nitrogen and oxygen atoms in total. The van der Waals surface area contributed by atoms with Crippen LogP contribution in [0.5, 0.6) is 0 Å². The van der Waals surface area contributed by atoms with Crippen molar-refractivity contribution in [2.75, 3.05) is 45.2 Å². The lowest BCUT2D eigenvalue weighted by Crippen LogP contribution is -2.46. The fourth-order valence-corrected chi connectivity index (χ4v) is 3.17. The molecule has 136 valence electrons. The third kappa shape index (κ3) is 9.64. The zero-order valence-corrected chi connectivity index (χ0v) is 17.9. The lowest BCUT2D eigenvalue weighted by atomic mass is 9.93. The first kappa shape index (κ1) is 22.8. The van der Waals surface area contributed by atoms with Crippen molar-refractivity contribution in [3.05, 3.63) is 0 Å². The summed E-state index contributed by atoms with van der Waals surface area (Å²) in [6.45, 7) is 5.92. The van der Waals surface area contributed by atoms with Crippen LogP contribution in [0.25, 0.3) is 0 Å². The fourth-order valence-electron chi connectivity index (χ4n) is 2.68. The lowest BCUT2D eigenvalue weighted by molar-refractivity contribution is -0.121. The van der Waals surface area contributed by atoms with Crippen molar-refractivity contribution in [1.29, 1.82) is 0 Å². The van der Waals surface area contributed by atoms with E-state index in [9.17, 15) is 4.79 Å². The van der Waals surface area contributed by atoms with Gasteiger partial charge in [0.1, 0.15) is 0 Å². The maximum absolute atomic E-state index is 11.5. The maximum Gasteiger partial charge on any atom is 0.220 e. The number of amides is 1. The van der Waals surface area contributed by atoms with Crippen LogP contribution in [0.2, 0.25) is 0 Å². The molecule has 0 aliphatic carbocycles. The molecule has 0 aromatic carbocycles. The Hall–Kier alpha value is -0.180. The number of nitrogens with one attached hydrogen (secondary N) is 2. The minimum atomic E-state index is 0. The maximum atomic E-state index is 11.5. The first-order chi connectivity index (χ1) is 10.7. The SMILES string of the molecule is CCNC(=NCCCCSC)N1CCC(CC(=O)NC)CC1.I. The van der Waals surface area contributed by atoms with Crippen molar-refractivity contribution < 1.29 is 4.79 Å². The minimum absolute atomic E-state index is 0. The summed E-state index contributed by atoms with van der Waals surface area (Å²) >= 11 is 1.90. The van der Waals surface area contributed by atoms with E-state index in [2.05, 4.69) is 28.7 Å². The van der Waals surface area contributed by atoms with E-state index in [4.69, 9.17) is 4.99 Å². The zero-order valence-electron chi connectivity index (χ0n) is 14.8. The smallest absolute Gasteiger partial charge is 0.220 e. The topological polar surface area (TPSA) is 56.7 Å². The highest BCUT2D eigenvalue weighted by Crippen LogP contribution is 2.20. The summed E-state index contributed by atoms with van der Waals surface area (Å²) in [6.07, 6.45) is 7.35. The van der Waals surface area contributed by atoms with Crippen LogP contribution >= 0.6 is 35.7 Å². The molecule has 1 amide bonds. The van der Waals surface area contributed by atoms with E-state index in [0.29, 0.717) is 12.3 Å². The summed E-state index contributed by atoms with van der Waals surface area (Å²) in [7, 11) is 1.71. The Morgan fingerprint density at radius 2 is 2.00 bits per heavy atom. The Kier molecular flexibility index (Phi) is 14.1. The predicted molar refractivity (Wildman–Crippen MR) is 112 cm³/mol. The number of piperidine rings is 1. The third-order valence-corrected chi connectivity index (χ3v) is 4.72. The quantitative estimate of drug-likeness (QED) is 0.255. The number of unbranched alkanes of at least 4 members (excludes halogenated alkanes) is 1. The van der Waals surface area contributed by atoms with Gasteiger partial charge in [-0.1, -0.05) is 0 Å². The molecule has 2 N–H and O–H groups in total. The summed E-state index contributed by atoms with van der Waals surface area (Å²) < 4.78 is 0. The number of halogens is 1. The van der Waals surface area contributed by atoms with Crippen molar-refractivity contribution in [1.82, 2.24) is 15.5 Å². The molecule has 0 aromatic rings. The number of thioether (sulfide) groups is 1. The van der Waals surface area contributed by atoms with Crippen molar-refractivity contribution in [2.24, 2.45) is 10.9 Å². The third-order valence-electron chi connectivity index (χ3n) is 4.02. The van der Waals surface area contributed by atoms with Crippen molar-refractivity contribution >= 4 is 47.6 Å². The highest BCUT2D eigenvalue weighted by Gasteiger charge is 2.22. The van der Waals surface area contributed by atoms with Gasteiger partial charge in [0.05, 0.1) is 0 Å². The molecule has 0 atom stereocenters. The van der Waals surface area contributed by atoms with Gasteiger partial charge in [0.2, 0.25) is 5.91 Å². The van der Waals surface area contributed by atoms with Gasteiger partial charge >= 0.3 is 0 Å². The molecule has 0 saturated carbocycles.